The summed E-state index contributed by atoms with van der Waals surface area (Å²) >= 11 is 0. The van der Waals surface area contributed by atoms with Gasteiger partial charge in [0, 0.05) is 17.7 Å². The molecular formula is C12H16F2N2O. The highest BCUT2D eigenvalue weighted by atomic mass is 19.1. The summed E-state index contributed by atoms with van der Waals surface area (Å²) in [5, 5.41) is 2.90. The minimum atomic E-state index is -0.958. The Labute approximate surface area is 99.0 Å². The first-order valence-electron chi connectivity index (χ1n) is 5.26. The van der Waals surface area contributed by atoms with E-state index in [1.54, 1.807) is 20.8 Å². The van der Waals surface area contributed by atoms with E-state index in [1.165, 1.54) is 12.1 Å². The number of amides is 1. The monoisotopic (exact) mass is 242 g/mol. The first-order chi connectivity index (χ1) is 7.74. The zero-order valence-corrected chi connectivity index (χ0v) is 10.1. The van der Waals surface area contributed by atoms with Crippen LogP contribution in [0.5, 0.6) is 0 Å². The molecule has 5 heteroatoms. The van der Waals surface area contributed by atoms with Crippen molar-refractivity contribution in [3.05, 3.63) is 35.4 Å². The first-order valence-corrected chi connectivity index (χ1v) is 5.26. The molecule has 1 atom stereocenters. The maximum atomic E-state index is 13.5. The summed E-state index contributed by atoms with van der Waals surface area (Å²) in [4.78, 5) is 11.1. The molecular weight excluding hydrogens is 226 g/mol. The van der Waals surface area contributed by atoms with E-state index >= 15 is 0 Å². The molecule has 0 aromatic heterocycles. The van der Waals surface area contributed by atoms with Crippen molar-refractivity contribution in [1.82, 2.24) is 5.32 Å². The number of hydrogen-bond acceptors (Lipinski definition) is 2. The number of benzene rings is 1. The molecule has 1 rings (SSSR count). The van der Waals surface area contributed by atoms with Crippen molar-refractivity contribution in [2.75, 3.05) is 0 Å². The lowest BCUT2D eigenvalue weighted by Crippen LogP contribution is -2.51. The standard InChI is InChI=1S/C12H16F2N2O/c1-7(16-12(2,3)11(15)17)9-5-4-8(13)6-10(9)14/h4-7,16H,1-3H3,(H2,15,17). The highest BCUT2D eigenvalue weighted by Crippen LogP contribution is 2.20. The Morgan fingerprint density at radius 3 is 2.47 bits per heavy atom. The summed E-state index contributed by atoms with van der Waals surface area (Å²) < 4.78 is 26.2. The summed E-state index contributed by atoms with van der Waals surface area (Å²) in [7, 11) is 0. The zero-order valence-electron chi connectivity index (χ0n) is 10.1. The van der Waals surface area contributed by atoms with Crippen LogP contribution in [0.3, 0.4) is 0 Å². The third kappa shape index (κ3) is 3.23. The molecule has 17 heavy (non-hydrogen) atoms. The molecule has 0 bridgehead atoms. The second kappa shape index (κ2) is 4.79. The number of carbonyl (C=O) groups excluding carboxylic acids is 1. The van der Waals surface area contributed by atoms with E-state index in [2.05, 4.69) is 5.32 Å². The Kier molecular flexibility index (Phi) is 3.83. The number of nitrogens with two attached hydrogens (primary N) is 1. The van der Waals surface area contributed by atoms with Gasteiger partial charge in [-0.3, -0.25) is 10.1 Å². The van der Waals surface area contributed by atoms with Crippen LogP contribution in [0.2, 0.25) is 0 Å². The summed E-state index contributed by atoms with van der Waals surface area (Å²) in [6.07, 6.45) is 0. The lowest BCUT2D eigenvalue weighted by Gasteiger charge is -2.27. The third-order valence-electron chi connectivity index (χ3n) is 2.62. The van der Waals surface area contributed by atoms with Gasteiger partial charge < -0.3 is 5.73 Å². The molecule has 0 heterocycles. The topological polar surface area (TPSA) is 55.1 Å². The second-order valence-electron chi connectivity index (χ2n) is 4.52. The summed E-state index contributed by atoms with van der Waals surface area (Å²) in [5.74, 6) is -1.82. The van der Waals surface area contributed by atoms with Crippen LogP contribution in [-0.4, -0.2) is 11.4 Å². The van der Waals surface area contributed by atoms with Gasteiger partial charge in [-0.05, 0) is 26.8 Å². The Morgan fingerprint density at radius 2 is 2.00 bits per heavy atom. The quantitative estimate of drug-likeness (QED) is 0.847. The average Bonchev–Trinajstić information content (AvgIpc) is 2.15. The molecule has 0 spiro atoms. The Hall–Kier alpha value is -1.49. The van der Waals surface area contributed by atoms with Crippen LogP contribution in [0.25, 0.3) is 0 Å². The van der Waals surface area contributed by atoms with Crippen LogP contribution >= 0.6 is 0 Å². The number of rotatable bonds is 4. The summed E-state index contributed by atoms with van der Waals surface area (Å²) in [6, 6.07) is 2.89. The van der Waals surface area contributed by atoms with Crippen molar-refractivity contribution >= 4 is 5.91 Å². The number of halogens is 2. The third-order valence-corrected chi connectivity index (χ3v) is 2.62. The minimum absolute atomic E-state index is 0.292. The van der Waals surface area contributed by atoms with Crippen molar-refractivity contribution < 1.29 is 13.6 Å². The van der Waals surface area contributed by atoms with Crippen molar-refractivity contribution in [2.45, 2.75) is 32.4 Å². The Morgan fingerprint density at radius 1 is 1.41 bits per heavy atom. The fraction of sp³-hybridized carbons (Fsp3) is 0.417. The van der Waals surface area contributed by atoms with Gasteiger partial charge in [-0.15, -0.1) is 0 Å². The maximum Gasteiger partial charge on any atom is 0.237 e. The molecule has 0 aliphatic rings. The lowest BCUT2D eigenvalue weighted by atomic mass is 10.00. The molecule has 3 nitrogen and oxygen atoms in total. The van der Waals surface area contributed by atoms with E-state index < -0.39 is 29.1 Å². The van der Waals surface area contributed by atoms with Crippen LogP contribution in [0.15, 0.2) is 18.2 Å². The molecule has 0 radical (unpaired) electrons. The van der Waals surface area contributed by atoms with Gasteiger partial charge in [0.25, 0.3) is 0 Å². The Bertz CT molecular complexity index is 433. The maximum absolute atomic E-state index is 13.5. The van der Waals surface area contributed by atoms with Crippen molar-refractivity contribution in [1.29, 1.82) is 0 Å². The minimum Gasteiger partial charge on any atom is -0.368 e. The van der Waals surface area contributed by atoms with Gasteiger partial charge in [-0.25, -0.2) is 8.78 Å². The van der Waals surface area contributed by atoms with Gasteiger partial charge in [-0.2, -0.15) is 0 Å². The van der Waals surface area contributed by atoms with Crippen molar-refractivity contribution in [3.63, 3.8) is 0 Å². The predicted molar refractivity (Wildman–Crippen MR) is 61.2 cm³/mol. The SMILES string of the molecule is CC(NC(C)(C)C(N)=O)c1ccc(F)cc1F. The van der Waals surface area contributed by atoms with E-state index in [1.807, 2.05) is 0 Å². The summed E-state index contributed by atoms with van der Waals surface area (Å²) in [5.41, 5.74) is 4.54. The largest absolute Gasteiger partial charge is 0.368 e. The molecule has 94 valence electrons. The van der Waals surface area contributed by atoms with E-state index in [0.29, 0.717) is 5.56 Å². The number of nitrogens with one attached hydrogen (secondary N) is 1. The van der Waals surface area contributed by atoms with E-state index in [9.17, 15) is 13.6 Å². The van der Waals surface area contributed by atoms with E-state index in [0.717, 1.165) is 6.07 Å². The fourth-order valence-corrected chi connectivity index (χ4v) is 1.54. The highest BCUT2D eigenvalue weighted by molar-refractivity contribution is 5.83. The molecule has 0 saturated carbocycles. The number of hydrogen-bond donors (Lipinski definition) is 2. The molecule has 1 aromatic rings. The van der Waals surface area contributed by atoms with Crippen LogP contribution < -0.4 is 11.1 Å². The molecule has 0 aliphatic heterocycles. The zero-order chi connectivity index (χ0) is 13.2. The molecule has 3 N–H and O–H groups in total. The normalized spacial score (nSPS) is 13.5. The molecule has 1 unspecified atom stereocenters. The van der Waals surface area contributed by atoms with Gasteiger partial charge in [0.2, 0.25) is 5.91 Å². The fourth-order valence-electron chi connectivity index (χ4n) is 1.54. The van der Waals surface area contributed by atoms with Crippen LogP contribution in [-0.2, 0) is 4.79 Å². The van der Waals surface area contributed by atoms with E-state index in [4.69, 9.17) is 5.73 Å². The van der Waals surface area contributed by atoms with E-state index in [-0.39, 0.29) is 0 Å². The predicted octanol–water partition coefficient (Wildman–Crippen LogP) is 1.88. The lowest BCUT2D eigenvalue weighted by molar-refractivity contribution is -0.123. The second-order valence-corrected chi connectivity index (χ2v) is 4.52. The average molecular weight is 242 g/mol. The van der Waals surface area contributed by atoms with Gasteiger partial charge in [0.15, 0.2) is 0 Å². The number of primary amides is 1. The van der Waals surface area contributed by atoms with Crippen molar-refractivity contribution in [2.24, 2.45) is 5.73 Å². The smallest absolute Gasteiger partial charge is 0.237 e. The molecule has 0 fully saturated rings. The van der Waals surface area contributed by atoms with Crippen LogP contribution in [0.4, 0.5) is 8.78 Å². The number of carbonyl (C=O) groups is 1. The molecule has 0 saturated heterocycles. The van der Waals surface area contributed by atoms with Gasteiger partial charge in [0.1, 0.15) is 11.6 Å². The Balaban J connectivity index is 2.90. The molecule has 1 amide bonds. The summed E-state index contributed by atoms with van der Waals surface area (Å²) in [6.45, 7) is 4.89. The van der Waals surface area contributed by atoms with Gasteiger partial charge in [0.05, 0.1) is 5.54 Å². The van der Waals surface area contributed by atoms with Crippen LogP contribution in [0.1, 0.15) is 32.4 Å². The first kappa shape index (κ1) is 13.6. The van der Waals surface area contributed by atoms with Crippen LogP contribution in [0, 0.1) is 11.6 Å². The van der Waals surface area contributed by atoms with Gasteiger partial charge >= 0.3 is 0 Å². The van der Waals surface area contributed by atoms with Gasteiger partial charge in [-0.1, -0.05) is 6.07 Å². The molecule has 0 aliphatic carbocycles. The molecule has 1 aromatic carbocycles. The highest BCUT2D eigenvalue weighted by Gasteiger charge is 2.27. The van der Waals surface area contributed by atoms with Crippen molar-refractivity contribution in [3.8, 4) is 0 Å².